The molecular weight excluding hydrogens is 314 g/mol. The number of carbonyl (C=O) groups is 2. The van der Waals surface area contributed by atoms with Crippen molar-refractivity contribution in [3.8, 4) is 0 Å². The summed E-state index contributed by atoms with van der Waals surface area (Å²) in [5.41, 5.74) is 1.52. The van der Waals surface area contributed by atoms with Crippen LogP contribution in [0.15, 0.2) is 72.8 Å². The number of carbonyl (C=O) groups excluding carboxylic acids is 1. The third kappa shape index (κ3) is 2.64. The van der Waals surface area contributed by atoms with Crippen LogP contribution in [0.2, 0.25) is 0 Å². The van der Waals surface area contributed by atoms with Crippen molar-refractivity contribution in [1.29, 1.82) is 0 Å². The predicted molar refractivity (Wildman–Crippen MR) is 95.4 cm³/mol. The number of benzene rings is 2. The summed E-state index contributed by atoms with van der Waals surface area (Å²) < 4.78 is 0. The van der Waals surface area contributed by atoms with Crippen molar-refractivity contribution in [2.75, 3.05) is 4.90 Å². The summed E-state index contributed by atoms with van der Waals surface area (Å²) in [5, 5.41) is 9.67. The second-order valence-electron chi connectivity index (χ2n) is 6.68. The number of carboxylic acid groups (broad SMARTS) is 1. The molecule has 2 aromatic rings. The van der Waals surface area contributed by atoms with E-state index in [2.05, 4.69) is 0 Å². The molecule has 0 spiro atoms. The molecule has 2 aliphatic carbocycles. The first-order chi connectivity index (χ1) is 12.2. The van der Waals surface area contributed by atoms with Crippen molar-refractivity contribution in [2.24, 2.45) is 23.7 Å². The Morgan fingerprint density at radius 2 is 1.28 bits per heavy atom. The molecule has 1 N–H and O–H groups in total. The van der Waals surface area contributed by atoms with Crippen molar-refractivity contribution in [2.45, 2.75) is 6.42 Å². The van der Waals surface area contributed by atoms with E-state index in [0.29, 0.717) is 0 Å². The molecular formula is C21H19NO3. The fourth-order valence-corrected chi connectivity index (χ4v) is 4.20. The molecule has 0 radical (unpaired) electrons. The molecule has 4 nitrogen and oxygen atoms in total. The Kier molecular flexibility index (Phi) is 3.88. The zero-order valence-corrected chi connectivity index (χ0v) is 13.7. The number of hydrogen-bond acceptors (Lipinski definition) is 2. The highest BCUT2D eigenvalue weighted by Crippen LogP contribution is 2.49. The van der Waals surface area contributed by atoms with Gasteiger partial charge in [0, 0.05) is 11.4 Å². The number of amides is 1. The number of carboxylic acids is 1. The normalized spacial score (nSPS) is 26.6. The van der Waals surface area contributed by atoms with Gasteiger partial charge in [-0.2, -0.15) is 0 Å². The quantitative estimate of drug-likeness (QED) is 0.864. The first kappa shape index (κ1) is 15.6. The monoisotopic (exact) mass is 333 g/mol. The number of para-hydroxylation sites is 2. The highest BCUT2D eigenvalue weighted by molar-refractivity contribution is 6.04. The van der Waals surface area contributed by atoms with Gasteiger partial charge in [0.05, 0.1) is 11.8 Å². The third-order valence-electron chi connectivity index (χ3n) is 5.28. The fraction of sp³-hybridized carbons (Fsp3) is 0.238. The summed E-state index contributed by atoms with van der Waals surface area (Å²) in [6.07, 6.45) is 4.73. The summed E-state index contributed by atoms with van der Waals surface area (Å²) in [5.74, 6) is -2.21. The number of allylic oxidation sites excluding steroid dienone is 2. The van der Waals surface area contributed by atoms with Crippen LogP contribution in [0.4, 0.5) is 11.4 Å². The van der Waals surface area contributed by atoms with Crippen LogP contribution in [0.5, 0.6) is 0 Å². The molecule has 0 heterocycles. The minimum absolute atomic E-state index is 0.00789. The van der Waals surface area contributed by atoms with Crippen molar-refractivity contribution < 1.29 is 14.7 Å². The van der Waals surface area contributed by atoms with E-state index in [9.17, 15) is 14.7 Å². The molecule has 0 aromatic heterocycles. The summed E-state index contributed by atoms with van der Waals surface area (Å²) in [6.45, 7) is 0. The van der Waals surface area contributed by atoms with Gasteiger partial charge in [0.1, 0.15) is 0 Å². The number of nitrogens with zero attached hydrogens (tertiary/aromatic N) is 1. The molecule has 2 bridgehead atoms. The van der Waals surface area contributed by atoms with Crippen LogP contribution < -0.4 is 4.90 Å². The zero-order chi connectivity index (χ0) is 17.4. The van der Waals surface area contributed by atoms with Crippen molar-refractivity contribution >= 4 is 23.3 Å². The van der Waals surface area contributed by atoms with Crippen LogP contribution in [-0.4, -0.2) is 17.0 Å². The van der Waals surface area contributed by atoms with Crippen molar-refractivity contribution in [1.82, 2.24) is 0 Å². The maximum atomic E-state index is 13.5. The van der Waals surface area contributed by atoms with Crippen LogP contribution in [-0.2, 0) is 9.59 Å². The average molecular weight is 333 g/mol. The second-order valence-corrected chi connectivity index (χ2v) is 6.68. The minimum Gasteiger partial charge on any atom is -0.481 e. The van der Waals surface area contributed by atoms with Crippen LogP contribution in [0.3, 0.4) is 0 Å². The number of hydrogen-bond donors (Lipinski definition) is 1. The van der Waals surface area contributed by atoms with Gasteiger partial charge in [0.25, 0.3) is 0 Å². The Morgan fingerprint density at radius 1 is 0.800 bits per heavy atom. The Balaban J connectivity index is 1.76. The van der Waals surface area contributed by atoms with E-state index < -0.39 is 17.8 Å². The van der Waals surface area contributed by atoms with Gasteiger partial charge in [-0.1, -0.05) is 48.6 Å². The van der Waals surface area contributed by atoms with E-state index in [1.54, 1.807) is 4.90 Å². The molecule has 4 atom stereocenters. The molecule has 4 rings (SSSR count). The topological polar surface area (TPSA) is 57.6 Å². The summed E-state index contributed by atoms with van der Waals surface area (Å²) in [7, 11) is 0. The van der Waals surface area contributed by atoms with Gasteiger partial charge in [-0.25, -0.2) is 0 Å². The first-order valence-electron chi connectivity index (χ1n) is 8.52. The van der Waals surface area contributed by atoms with Crippen molar-refractivity contribution in [3.05, 3.63) is 72.8 Å². The van der Waals surface area contributed by atoms with Gasteiger partial charge in [-0.3, -0.25) is 14.5 Å². The molecule has 1 fully saturated rings. The lowest BCUT2D eigenvalue weighted by Gasteiger charge is -2.31. The summed E-state index contributed by atoms with van der Waals surface area (Å²) >= 11 is 0. The zero-order valence-electron chi connectivity index (χ0n) is 13.7. The highest BCUT2D eigenvalue weighted by Gasteiger charge is 2.52. The van der Waals surface area contributed by atoms with Crippen LogP contribution in [0, 0.1) is 23.7 Å². The molecule has 126 valence electrons. The Bertz CT molecular complexity index is 776. The molecule has 0 aliphatic heterocycles. The molecule has 4 heteroatoms. The van der Waals surface area contributed by atoms with Gasteiger partial charge >= 0.3 is 5.97 Å². The maximum absolute atomic E-state index is 13.5. The number of aliphatic carboxylic acids is 1. The van der Waals surface area contributed by atoms with Crippen LogP contribution in [0.1, 0.15) is 6.42 Å². The van der Waals surface area contributed by atoms with E-state index in [1.165, 1.54) is 0 Å². The lowest BCUT2D eigenvalue weighted by Crippen LogP contribution is -2.41. The van der Waals surface area contributed by atoms with E-state index in [4.69, 9.17) is 0 Å². The number of fused-ring (bicyclic) bond motifs is 2. The summed E-state index contributed by atoms with van der Waals surface area (Å²) in [4.78, 5) is 26.9. The average Bonchev–Trinajstić information content (AvgIpc) is 3.25. The molecule has 1 saturated carbocycles. The summed E-state index contributed by atoms with van der Waals surface area (Å²) in [6, 6.07) is 18.8. The smallest absolute Gasteiger partial charge is 0.307 e. The molecule has 0 saturated heterocycles. The molecule has 4 unspecified atom stereocenters. The largest absolute Gasteiger partial charge is 0.481 e. The lowest BCUT2D eigenvalue weighted by atomic mass is 9.82. The standard InChI is InChI=1S/C21H19NO3/c23-20(18-14-11-12-15(13-14)19(18)21(24)25)22(16-7-3-1-4-8-16)17-9-5-2-6-10-17/h1-12,14-15,18-19H,13H2,(H,24,25). The third-order valence-corrected chi connectivity index (χ3v) is 5.28. The Morgan fingerprint density at radius 3 is 1.76 bits per heavy atom. The van der Waals surface area contributed by atoms with E-state index in [0.717, 1.165) is 17.8 Å². The second kappa shape index (κ2) is 6.20. The van der Waals surface area contributed by atoms with Crippen molar-refractivity contribution in [3.63, 3.8) is 0 Å². The fourth-order valence-electron chi connectivity index (χ4n) is 4.20. The van der Waals surface area contributed by atoms with E-state index >= 15 is 0 Å². The van der Waals surface area contributed by atoms with E-state index in [-0.39, 0.29) is 17.7 Å². The molecule has 2 aliphatic rings. The van der Waals surface area contributed by atoms with Gasteiger partial charge < -0.3 is 5.11 Å². The van der Waals surface area contributed by atoms with Gasteiger partial charge in [-0.05, 0) is 42.5 Å². The molecule has 1 amide bonds. The number of anilines is 2. The Labute approximate surface area is 146 Å². The first-order valence-corrected chi connectivity index (χ1v) is 8.52. The SMILES string of the molecule is O=C(O)C1C2C=CC(C2)C1C(=O)N(c1ccccc1)c1ccccc1. The van der Waals surface area contributed by atoms with Gasteiger partial charge in [0.15, 0.2) is 0 Å². The highest BCUT2D eigenvalue weighted by atomic mass is 16.4. The molecule has 25 heavy (non-hydrogen) atoms. The minimum atomic E-state index is -0.878. The van der Waals surface area contributed by atoms with Gasteiger partial charge in [-0.15, -0.1) is 0 Å². The maximum Gasteiger partial charge on any atom is 0.307 e. The molecule has 2 aromatic carbocycles. The lowest BCUT2D eigenvalue weighted by molar-refractivity contribution is -0.147. The van der Waals surface area contributed by atoms with Crippen LogP contribution in [0.25, 0.3) is 0 Å². The Hall–Kier alpha value is -2.88. The predicted octanol–water partition coefficient (Wildman–Crippen LogP) is 3.87. The van der Waals surface area contributed by atoms with E-state index in [1.807, 2.05) is 72.8 Å². The number of rotatable bonds is 4. The van der Waals surface area contributed by atoms with Crippen LogP contribution >= 0.6 is 0 Å². The van der Waals surface area contributed by atoms with Gasteiger partial charge in [0.2, 0.25) is 5.91 Å².